The Morgan fingerprint density at radius 1 is 1.16 bits per heavy atom. The number of anilines is 1. The minimum Gasteiger partial charge on any atom is -0.385 e. The molecule has 9 nitrogen and oxygen atoms in total. The van der Waals surface area contributed by atoms with E-state index in [4.69, 9.17) is 5.26 Å². The molecule has 0 atom stereocenters. The van der Waals surface area contributed by atoms with E-state index in [0.29, 0.717) is 54.0 Å². The number of aliphatic hydroxyl groups is 1. The van der Waals surface area contributed by atoms with Gasteiger partial charge in [-0.1, -0.05) is 0 Å². The number of rotatable bonds is 6. The number of carbonyl (C=O) groups is 1. The van der Waals surface area contributed by atoms with Gasteiger partial charge in [-0.2, -0.15) is 5.26 Å². The minimum absolute atomic E-state index is 0.0342. The molecule has 1 fully saturated rings. The summed E-state index contributed by atoms with van der Waals surface area (Å²) in [7, 11) is 0. The van der Waals surface area contributed by atoms with Crippen LogP contribution in [0.2, 0.25) is 0 Å². The van der Waals surface area contributed by atoms with Crippen molar-refractivity contribution in [1.29, 1.82) is 5.26 Å². The summed E-state index contributed by atoms with van der Waals surface area (Å²) in [6.07, 6.45) is 10.8. The molecule has 1 aliphatic rings. The summed E-state index contributed by atoms with van der Waals surface area (Å²) < 4.78 is 1.84. The van der Waals surface area contributed by atoms with Crippen LogP contribution in [0.1, 0.15) is 61.0 Å². The lowest BCUT2D eigenvalue weighted by Crippen LogP contribution is -2.42. The molecular weight excluding hydrogens is 466 g/mol. The summed E-state index contributed by atoms with van der Waals surface area (Å²) in [5, 5.41) is 27.6. The maximum absolute atomic E-state index is 13.3. The van der Waals surface area contributed by atoms with Crippen molar-refractivity contribution in [3.05, 3.63) is 78.0 Å². The highest BCUT2D eigenvalue weighted by Gasteiger charge is 2.35. The van der Waals surface area contributed by atoms with E-state index in [1.165, 1.54) is 6.20 Å². The van der Waals surface area contributed by atoms with Crippen LogP contribution in [-0.4, -0.2) is 42.6 Å². The molecule has 1 amide bonds. The predicted octanol–water partition coefficient (Wildman–Crippen LogP) is 4.07. The summed E-state index contributed by atoms with van der Waals surface area (Å²) in [4.78, 5) is 26.3. The van der Waals surface area contributed by atoms with Crippen molar-refractivity contribution in [3.63, 3.8) is 0 Å². The molecule has 5 rings (SSSR count). The number of hydrogen-bond acceptors (Lipinski definition) is 7. The van der Waals surface area contributed by atoms with Gasteiger partial charge in [0.2, 0.25) is 0 Å². The molecule has 4 aromatic heterocycles. The zero-order valence-corrected chi connectivity index (χ0v) is 20.8. The molecule has 188 valence electrons. The van der Waals surface area contributed by atoms with Crippen molar-refractivity contribution in [2.45, 2.75) is 57.2 Å². The molecule has 1 saturated carbocycles. The molecule has 0 aliphatic heterocycles. The zero-order chi connectivity index (χ0) is 26.0. The SMILES string of the molecule is CC(C)Nc1cc(-n2ccc3cc(C#N)cnc32)ncc1C(=O)NC1CCC(O)(c2ccncc2)CC1. The highest BCUT2D eigenvalue weighted by atomic mass is 16.3. The van der Waals surface area contributed by atoms with Gasteiger partial charge >= 0.3 is 0 Å². The maximum atomic E-state index is 13.3. The Morgan fingerprint density at radius 2 is 1.92 bits per heavy atom. The number of hydrogen-bond donors (Lipinski definition) is 3. The van der Waals surface area contributed by atoms with E-state index in [2.05, 4.69) is 31.7 Å². The van der Waals surface area contributed by atoms with Crippen LogP contribution in [0.5, 0.6) is 0 Å². The first-order valence-corrected chi connectivity index (χ1v) is 12.4. The number of pyridine rings is 3. The van der Waals surface area contributed by atoms with Crippen molar-refractivity contribution < 1.29 is 9.90 Å². The van der Waals surface area contributed by atoms with E-state index < -0.39 is 5.60 Å². The normalized spacial score (nSPS) is 19.5. The van der Waals surface area contributed by atoms with Gasteiger partial charge in [0.15, 0.2) is 0 Å². The summed E-state index contributed by atoms with van der Waals surface area (Å²) in [6.45, 7) is 4.03. The highest BCUT2D eigenvalue weighted by Crippen LogP contribution is 2.37. The van der Waals surface area contributed by atoms with Gasteiger partial charge in [0.25, 0.3) is 5.91 Å². The zero-order valence-electron chi connectivity index (χ0n) is 20.8. The third kappa shape index (κ3) is 5.01. The van der Waals surface area contributed by atoms with Crippen molar-refractivity contribution in [3.8, 4) is 11.9 Å². The number of aromatic nitrogens is 4. The summed E-state index contributed by atoms with van der Waals surface area (Å²) in [5.74, 6) is 0.419. The average molecular weight is 496 g/mol. The fraction of sp³-hybridized carbons (Fsp3) is 0.321. The Hall–Kier alpha value is -4.29. The third-order valence-electron chi connectivity index (χ3n) is 6.85. The molecule has 3 N–H and O–H groups in total. The number of nitriles is 1. The lowest BCUT2D eigenvalue weighted by Gasteiger charge is -2.36. The second-order valence-corrected chi connectivity index (χ2v) is 9.84. The third-order valence-corrected chi connectivity index (χ3v) is 6.85. The van der Waals surface area contributed by atoms with E-state index in [1.54, 1.807) is 24.7 Å². The molecule has 0 radical (unpaired) electrons. The predicted molar refractivity (Wildman–Crippen MR) is 140 cm³/mol. The van der Waals surface area contributed by atoms with E-state index in [9.17, 15) is 9.90 Å². The molecular formula is C28H29N7O2. The fourth-order valence-electron chi connectivity index (χ4n) is 4.91. The Bertz CT molecular complexity index is 1470. The van der Waals surface area contributed by atoms with E-state index in [-0.39, 0.29) is 18.0 Å². The highest BCUT2D eigenvalue weighted by molar-refractivity contribution is 5.99. The van der Waals surface area contributed by atoms with Gasteiger partial charge < -0.3 is 15.7 Å². The van der Waals surface area contributed by atoms with Crippen LogP contribution in [0.25, 0.3) is 16.9 Å². The molecule has 0 bridgehead atoms. The summed E-state index contributed by atoms with van der Waals surface area (Å²) in [6, 6.07) is 11.4. The number of carbonyl (C=O) groups excluding carboxylic acids is 1. The lowest BCUT2D eigenvalue weighted by molar-refractivity contribution is -0.00810. The van der Waals surface area contributed by atoms with Crippen molar-refractivity contribution in [2.24, 2.45) is 0 Å². The van der Waals surface area contributed by atoms with Gasteiger partial charge in [-0.25, -0.2) is 9.97 Å². The largest absolute Gasteiger partial charge is 0.385 e. The second kappa shape index (κ2) is 9.99. The van der Waals surface area contributed by atoms with Gasteiger partial charge in [-0.05, 0) is 69.4 Å². The first-order valence-electron chi connectivity index (χ1n) is 12.4. The summed E-state index contributed by atoms with van der Waals surface area (Å²) >= 11 is 0. The molecule has 9 heteroatoms. The van der Waals surface area contributed by atoms with Crippen LogP contribution in [0, 0.1) is 11.3 Å². The Morgan fingerprint density at radius 3 is 2.62 bits per heavy atom. The molecule has 4 aromatic rings. The van der Waals surface area contributed by atoms with Gasteiger partial charge in [-0.3, -0.25) is 14.3 Å². The van der Waals surface area contributed by atoms with Gasteiger partial charge in [0, 0.05) is 54.5 Å². The van der Waals surface area contributed by atoms with Crippen LogP contribution < -0.4 is 10.6 Å². The Labute approximate surface area is 215 Å². The van der Waals surface area contributed by atoms with Gasteiger partial charge in [0.1, 0.15) is 17.5 Å². The van der Waals surface area contributed by atoms with E-state index in [1.807, 2.05) is 48.9 Å². The monoisotopic (exact) mass is 495 g/mol. The average Bonchev–Trinajstić information content (AvgIpc) is 3.33. The minimum atomic E-state index is -0.890. The topological polar surface area (TPSA) is 129 Å². The molecule has 0 spiro atoms. The Kier molecular flexibility index (Phi) is 6.59. The van der Waals surface area contributed by atoms with Crippen molar-refractivity contribution in [1.82, 2.24) is 24.8 Å². The molecule has 0 unspecified atom stereocenters. The second-order valence-electron chi connectivity index (χ2n) is 9.84. The van der Waals surface area contributed by atoms with Gasteiger partial charge in [0.05, 0.1) is 22.4 Å². The molecule has 0 saturated heterocycles. The summed E-state index contributed by atoms with van der Waals surface area (Å²) in [5.41, 5.74) is 2.30. The van der Waals surface area contributed by atoms with Crippen molar-refractivity contribution in [2.75, 3.05) is 5.32 Å². The van der Waals surface area contributed by atoms with Crippen LogP contribution >= 0.6 is 0 Å². The molecule has 37 heavy (non-hydrogen) atoms. The lowest BCUT2D eigenvalue weighted by atomic mass is 9.78. The fourth-order valence-corrected chi connectivity index (χ4v) is 4.91. The van der Waals surface area contributed by atoms with E-state index >= 15 is 0 Å². The van der Waals surface area contributed by atoms with Crippen LogP contribution in [-0.2, 0) is 5.60 Å². The Balaban J connectivity index is 1.35. The maximum Gasteiger partial charge on any atom is 0.255 e. The quantitative estimate of drug-likeness (QED) is 0.368. The number of nitrogens with zero attached hydrogens (tertiary/aromatic N) is 5. The smallest absolute Gasteiger partial charge is 0.255 e. The number of nitrogens with one attached hydrogen (secondary N) is 2. The standard InChI is InChI=1S/C28H29N7O2/c1-18(2)33-24-14-25(35-12-7-20-13-19(15-29)16-32-26(20)35)31-17-23(24)27(36)34-22-3-8-28(37,9-4-22)21-5-10-30-11-6-21/h5-7,10-14,16-18,22,37H,3-4,8-9H2,1-2H3,(H,31,33)(H,34,36). The van der Waals surface area contributed by atoms with Gasteiger partial charge in [-0.15, -0.1) is 0 Å². The van der Waals surface area contributed by atoms with Crippen LogP contribution in [0.15, 0.2) is 61.3 Å². The van der Waals surface area contributed by atoms with Crippen molar-refractivity contribution >= 4 is 22.6 Å². The van der Waals surface area contributed by atoms with Crippen LogP contribution in [0.3, 0.4) is 0 Å². The van der Waals surface area contributed by atoms with Crippen LogP contribution in [0.4, 0.5) is 5.69 Å². The molecule has 0 aromatic carbocycles. The molecule has 4 heterocycles. The molecule has 1 aliphatic carbocycles. The number of amides is 1. The first kappa shape index (κ1) is 24.4. The van der Waals surface area contributed by atoms with E-state index in [0.717, 1.165) is 10.9 Å². The first-order chi connectivity index (χ1) is 17.9. The number of fused-ring (bicyclic) bond motifs is 1.